The lowest BCUT2D eigenvalue weighted by Gasteiger charge is -2.00. The maximum atomic E-state index is 12.4. The van der Waals surface area contributed by atoms with Crippen molar-refractivity contribution in [1.82, 2.24) is 4.57 Å². The summed E-state index contributed by atoms with van der Waals surface area (Å²) >= 11 is 8.24. The van der Waals surface area contributed by atoms with E-state index >= 15 is 0 Å². The van der Waals surface area contributed by atoms with Crippen LogP contribution in [-0.2, 0) is 23.5 Å². The van der Waals surface area contributed by atoms with Gasteiger partial charge in [0.1, 0.15) is 4.21 Å². The number of unbranched alkanes of at least 4 members (excludes halogenated alkanes) is 1. The SMILES string of the molecule is CCCCc1ccc2c(c1)s/c(=N\S(=O)(=O)c1ccc(Cl)s1)n2C. The summed E-state index contributed by atoms with van der Waals surface area (Å²) < 4.78 is 32.3. The van der Waals surface area contributed by atoms with Crippen LogP contribution >= 0.6 is 34.3 Å². The van der Waals surface area contributed by atoms with Gasteiger partial charge in [0.25, 0.3) is 10.0 Å². The molecule has 0 amide bonds. The van der Waals surface area contributed by atoms with E-state index in [9.17, 15) is 8.42 Å². The van der Waals surface area contributed by atoms with Gasteiger partial charge in [-0.05, 0) is 42.7 Å². The Hall–Kier alpha value is -1.15. The Kier molecular flexibility index (Phi) is 5.15. The Morgan fingerprint density at radius 3 is 2.67 bits per heavy atom. The number of hydrogen-bond donors (Lipinski definition) is 0. The molecular formula is C16H17ClN2O2S3. The maximum absolute atomic E-state index is 12.4. The van der Waals surface area contributed by atoms with Gasteiger partial charge in [-0.25, -0.2) is 0 Å². The van der Waals surface area contributed by atoms with E-state index in [1.807, 2.05) is 17.7 Å². The fourth-order valence-electron chi connectivity index (χ4n) is 2.39. The molecule has 0 bridgehead atoms. The highest BCUT2D eigenvalue weighted by Gasteiger charge is 2.16. The summed E-state index contributed by atoms with van der Waals surface area (Å²) in [5.74, 6) is 0. The lowest BCUT2D eigenvalue weighted by Crippen LogP contribution is -2.13. The van der Waals surface area contributed by atoms with Crippen LogP contribution in [0.15, 0.2) is 38.9 Å². The van der Waals surface area contributed by atoms with Crippen molar-refractivity contribution in [2.75, 3.05) is 0 Å². The number of aryl methyl sites for hydroxylation is 2. The molecule has 0 atom stereocenters. The predicted molar refractivity (Wildman–Crippen MR) is 101 cm³/mol. The molecule has 0 unspecified atom stereocenters. The zero-order chi connectivity index (χ0) is 17.3. The molecule has 0 aliphatic heterocycles. The molecule has 0 saturated carbocycles. The normalized spacial score (nSPS) is 13.0. The van der Waals surface area contributed by atoms with E-state index in [1.54, 1.807) is 6.07 Å². The largest absolute Gasteiger partial charge is 0.319 e. The lowest BCUT2D eigenvalue weighted by atomic mass is 10.1. The number of thiophene rings is 1. The molecule has 24 heavy (non-hydrogen) atoms. The van der Waals surface area contributed by atoms with Gasteiger partial charge in [-0.15, -0.1) is 15.7 Å². The minimum Gasteiger partial charge on any atom is -0.319 e. The molecule has 4 nitrogen and oxygen atoms in total. The number of halogens is 1. The minimum absolute atomic E-state index is 0.161. The average Bonchev–Trinajstić information content (AvgIpc) is 3.10. The summed E-state index contributed by atoms with van der Waals surface area (Å²) in [6.07, 6.45) is 3.33. The first-order chi connectivity index (χ1) is 11.4. The quantitative estimate of drug-likeness (QED) is 0.629. The van der Waals surface area contributed by atoms with Crippen LogP contribution in [0, 0.1) is 0 Å². The van der Waals surface area contributed by atoms with Gasteiger partial charge in [-0.2, -0.15) is 8.42 Å². The monoisotopic (exact) mass is 400 g/mol. The van der Waals surface area contributed by atoms with Crippen molar-refractivity contribution < 1.29 is 8.42 Å². The molecule has 3 aromatic rings. The predicted octanol–water partition coefficient (Wildman–Crippen LogP) is 4.59. The van der Waals surface area contributed by atoms with E-state index in [4.69, 9.17) is 11.6 Å². The van der Waals surface area contributed by atoms with E-state index in [2.05, 4.69) is 23.5 Å². The van der Waals surface area contributed by atoms with Crippen LogP contribution in [0.3, 0.4) is 0 Å². The van der Waals surface area contributed by atoms with E-state index in [-0.39, 0.29) is 4.21 Å². The first-order valence-corrected chi connectivity index (χ1v) is 11.0. The third-order valence-corrected chi connectivity index (χ3v) is 7.87. The standard InChI is InChI=1S/C16H17ClN2O2S3/c1-3-4-5-11-6-7-12-13(10-11)22-16(19(12)2)18-24(20,21)15-9-8-14(17)23-15/h6-10H,3-5H2,1-2H3/b18-16-. The molecule has 0 aliphatic carbocycles. The van der Waals surface area contributed by atoms with E-state index in [0.717, 1.165) is 40.8 Å². The summed E-state index contributed by atoms with van der Waals surface area (Å²) in [4.78, 5) is 0.460. The molecule has 0 radical (unpaired) electrons. The molecule has 2 heterocycles. The summed E-state index contributed by atoms with van der Waals surface area (Å²) in [6, 6.07) is 9.32. The first kappa shape index (κ1) is 17.7. The number of nitrogens with zero attached hydrogens (tertiary/aromatic N) is 2. The van der Waals surface area contributed by atoms with E-state index in [1.165, 1.54) is 23.0 Å². The van der Waals surface area contributed by atoms with Crippen molar-refractivity contribution in [2.45, 2.75) is 30.4 Å². The van der Waals surface area contributed by atoms with Gasteiger partial charge >= 0.3 is 0 Å². The fourth-order valence-corrected chi connectivity index (χ4v) is 6.16. The van der Waals surface area contributed by atoms with Crippen LogP contribution < -0.4 is 4.80 Å². The number of hydrogen-bond acceptors (Lipinski definition) is 4. The number of thiazole rings is 1. The number of fused-ring (bicyclic) bond motifs is 1. The zero-order valence-electron chi connectivity index (χ0n) is 13.3. The summed E-state index contributed by atoms with van der Waals surface area (Å²) in [5, 5.41) is 0. The Labute approximate surface area is 154 Å². The van der Waals surface area contributed by atoms with Crippen LogP contribution in [0.1, 0.15) is 25.3 Å². The molecule has 0 N–H and O–H groups in total. The number of rotatable bonds is 5. The lowest BCUT2D eigenvalue weighted by molar-refractivity contribution is 0.598. The second-order valence-electron chi connectivity index (χ2n) is 5.47. The number of benzene rings is 1. The molecule has 8 heteroatoms. The Morgan fingerprint density at radius 1 is 1.21 bits per heavy atom. The second kappa shape index (κ2) is 7.00. The highest BCUT2D eigenvalue weighted by atomic mass is 35.5. The molecule has 0 aliphatic rings. The topological polar surface area (TPSA) is 51.4 Å². The van der Waals surface area contributed by atoms with Crippen LogP contribution in [0.4, 0.5) is 0 Å². The Bertz CT molecular complexity index is 1040. The van der Waals surface area contributed by atoms with Crippen molar-refractivity contribution in [3.63, 3.8) is 0 Å². The van der Waals surface area contributed by atoms with E-state index < -0.39 is 10.0 Å². The Balaban J connectivity index is 2.07. The second-order valence-corrected chi connectivity index (χ2v) is 10.0. The third kappa shape index (κ3) is 3.59. The average molecular weight is 401 g/mol. The van der Waals surface area contributed by atoms with Crippen molar-refractivity contribution in [1.29, 1.82) is 0 Å². The number of aromatic nitrogens is 1. The van der Waals surface area contributed by atoms with E-state index in [0.29, 0.717) is 9.14 Å². The Morgan fingerprint density at radius 2 is 2.00 bits per heavy atom. The van der Waals surface area contributed by atoms with Crippen molar-refractivity contribution >= 4 is 54.5 Å². The molecule has 0 saturated heterocycles. The molecule has 1 aromatic carbocycles. The van der Waals surface area contributed by atoms with Crippen molar-refractivity contribution in [3.8, 4) is 0 Å². The van der Waals surface area contributed by atoms with Gasteiger partial charge in [0.2, 0.25) is 4.80 Å². The fraction of sp³-hybridized carbons (Fsp3) is 0.312. The van der Waals surface area contributed by atoms with Gasteiger partial charge in [-0.1, -0.05) is 42.3 Å². The zero-order valence-corrected chi connectivity index (χ0v) is 16.5. The molecule has 0 fully saturated rings. The van der Waals surface area contributed by atoms with Crippen molar-refractivity contribution in [2.24, 2.45) is 11.4 Å². The van der Waals surface area contributed by atoms with Gasteiger partial charge in [0.15, 0.2) is 0 Å². The highest BCUT2D eigenvalue weighted by molar-refractivity contribution is 7.92. The van der Waals surface area contributed by atoms with Gasteiger partial charge < -0.3 is 4.57 Å². The third-order valence-electron chi connectivity index (χ3n) is 3.69. The van der Waals surface area contributed by atoms with Gasteiger partial charge in [0, 0.05) is 7.05 Å². The highest BCUT2D eigenvalue weighted by Crippen LogP contribution is 2.27. The smallest absolute Gasteiger partial charge is 0.294 e. The van der Waals surface area contributed by atoms with Crippen LogP contribution in [0.25, 0.3) is 10.2 Å². The molecule has 0 spiro atoms. The molecule has 2 aromatic heterocycles. The van der Waals surface area contributed by atoms with Crippen molar-refractivity contribution in [3.05, 3.63) is 45.0 Å². The number of sulfonamides is 1. The van der Waals surface area contributed by atoms with Crippen LogP contribution in [0.5, 0.6) is 0 Å². The summed E-state index contributed by atoms with van der Waals surface area (Å²) in [7, 11) is -1.90. The first-order valence-electron chi connectivity index (χ1n) is 7.55. The van der Waals surface area contributed by atoms with Gasteiger partial charge in [0.05, 0.1) is 14.6 Å². The maximum Gasteiger partial charge on any atom is 0.294 e. The summed E-state index contributed by atoms with van der Waals surface area (Å²) in [6.45, 7) is 2.17. The minimum atomic E-state index is -3.74. The molecule has 3 rings (SSSR count). The molecule has 128 valence electrons. The summed E-state index contributed by atoms with van der Waals surface area (Å²) in [5.41, 5.74) is 2.25. The molecular weight excluding hydrogens is 384 g/mol. The van der Waals surface area contributed by atoms with Gasteiger partial charge in [-0.3, -0.25) is 0 Å². The van der Waals surface area contributed by atoms with Crippen LogP contribution in [-0.4, -0.2) is 13.0 Å². The van der Waals surface area contributed by atoms with Crippen LogP contribution in [0.2, 0.25) is 4.34 Å².